The molecule has 2 unspecified atom stereocenters. The van der Waals surface area contributed by atoms with E-state index in [2.05, 4.69) is 0 Å². The molecule has 14 heavy (non-hydrogen) atoms. The summed E-state index contributed by atoms with van der Waals surface area (Å²) in [5.74, 6) is -3.91. The van der Waals surface area contributed by atoms with Gasteiger partial charge in [-0.25, -0.2) is 8.78 Å². The molecule has 4 heteroatoms. The first-order valence-corrected chi connectivity index (χ1v) is 5.32. The van der Waals surface area contributed by atoms with Crippen LogP contribution in [0.4, 0.5) is 8.78 Å². The molecule has 0 saturated carbocycles. The molecule has 0 aliphatic carbocycles. The number of alkyl halides is 2. The van der Waals surface area contributed by atoms with E-state index in [1.54, 1.807) is 5.38 Å². The van der Waals surface area contributed by atoms with Crippen LogP contribution in [0.15, 0.2) is 11.4 Å². The van der Waals surface area contributed by atoms with Crippen LogP contribution >= 0.6 is 11.3 Å². The van der Waals surface area contributed by atoms with Crippen LogP contribution in [0.2, 0.25) is 0 Å². The molecule has 2 atom stereocenters. The lowest BCUT2D eigenvalue weighted by atomic mass is 9.96. The number of aliphatic hydroxyl groups is 1. The quantitative estimate of drug-likeness (QED) is 0.828. The lowest BCUT2D eigenvalue weighted by Gasteiger charge is -2.24. The molecule has 1 heterocycles. The molecular formula is C10H14F2OS. The smallest absolute Gasteiger partial charge is 0.250 e. The Morgan fingerprint density at radius 1 is 1.50 bits per heavy atom. The lowest BCUT2D eigenvalue weighted by Crippen LogP contribution is -2.27. The highest BCUT2D eigenvalue weighted by Crippen LogP contribution is 2.37. The van der Waals surface area contributed by atoms with Crippen LogP contribution in [0.5, 0.6) is 0 Å². The van der Waals surface area contributed by atoms with Gasteiger partial charge in [0.1, 0.15) is 0 Å². The van der Waals surface area contributed by atoms with Gasteiger partial charge < -0.3 is 5.11 Å². The second-order valence-corrected chi connectivity index (χ2v) is 4.61. The molecule has 1 nitrogen and oxygen atoms in total. The standard InChI is InChI=1S/C10H14F2OS/c1-6-4-5-14-9(6)8(13)7(2)10(3,11)12/h4-5,7-8,13H,1-3H3. The molecule has 0 radical (unpaired) electrons. The summed E-state index contributed by atoms with van der Waals surface area (Å²) in [4.78, 5) is 0.638. The van der Waals surface area contributed by atoms with Gasteiger partial charge in [0.05, 0.1) is 12.0 Å². The predicted molar refractivity (Wildman–Crippen MR) is 53.8 cm³/mol. The van der Waals surface area contributed by atoms with Gasteiger partial charge in [0, 0.05) is 4.88 Å². The summed E-state index contributed by atoms with van der Waals surface area (Å²) in [5.41, 5.74) is 0.874. The van der Waals surface area contributed by atoms with Crippen molar-refractivity contribution in [1.82, 2.24) is 0 Å². The van der Waals surface area contributed by atoms with Gasteiger partial charge in [0.2, 0.25) is 0 Å². The second kappa shape index (κ2) is 3.95. The highest BCUT2D eigenvalue weighted by Gasteiger charge is 2.37. The Hall–Kier alpha value is -0.480. The zero-order valence-corrected chi connectivity index (χ0v) is 9.24. The Balaban J connectivity index is 2.86. The zero-order valence-electron chi connectivity index (χ0n) is 8.42. The van der Waals surface area contributed by atoms with Gasteiger partial charge in [-0.05, 0) is 30.9 Å². The van der Waals surface area contributed by atoms with E-state index in [0.29, 0.717) is 4.88 Å². The first kappa shape index (κ1) is 11.6. The SMILES string of the molecule is Cc1ccsc1C(O)C(C)C(C)(F)F. The van der Waals surface area contributed by atoms with Gasteiger partial charge in [0.15, 0.2) is 0 Å². The van der Waals surface area contributed by atoms with Crippen molar-refractivity contribution < 1.29 is 13.9 Å². The van der Waals surface area contributed by atoms with Crippen LogP contribution in [0, 0.1) is 12.8 Å². The molecule has 1 aromatic rings. The molecule has 80 valence electrons. The van der Waals surface area contributed by atoms with Crippen LogP contribution in [0.1, 0.15) is 30.4 Å². The van der Waals surface area contributed by atoms with E-state index >= 15 is 0 Å². The van der Waals surface area contributed by atoms with Crippen molar-refractivity contribution in [3.8, 4) is 0 Å². The number of halogens is 2. The third-order valence-corrected chi connectivity index (χ3v) is 3.53. The van der Waals surface area contributed by atoms with Crippen LogP contribution in [-0.2, 0) is 0 Å². The summed E-state index contributed by atoms with van der Waals surface area (Å²) in [6.45, 7) is 4.02. The minimum atomic E-state index is -2.85. The summed E-state index contributed by atoms with van der Waals surface area (Å²) >= 11 is 1.32. The predicted octanol–water partition coefficient (Wildman–Crippen LogP) is 3.38. The van der Waals surface area contributed by atoms with E-state index in [0.717, 1.165) is 12.5 Å². The summed E-state index contributed by atoms with van der Waals surface area (Å²) in [6, 6.07) is 1.82. The van der Waals surface area contributed by atoms with Gasteiger partial charge in [0.25, 0.3) is 5.92 Å². The highest BCUT2D eigenvalue weighted by atomic mass is 32.1. The van der Waals surface area contributed by atoms with Crippen LogP contribution < -0.4 is 0 Å². The van der Waals surface area contributed by atoms with E-state index in [1.165, 1.54) is 18.3 Å². The topological polar surface area (TPSA) is 20.2 Å². The van der Waals surface area contributed by atoms with Crippen molar-refractivity contribution in [2.24, 2.45) is 5.92 Å². The maximum Gasteiger partial charge on any atom is 0.250 e. The third kappa shape index (κ3) is 2.30. The Labute approximate surface area is 86.4 Å². The fraction of sp³-hybridized carbons (Fsp3) is 0.600. The largest absolute Gasteiger partial charge is 0.387 e. The Morgan fingerprint density at radius 3 is 2.43 bits per heavy atom. The molecule has 0 amide bonds. The fourth-order valence-corrected chi connectivity index (χ4v) is 2.21. The Morgan fingerprint density at radius 2 is 2.07 bits per heavy atom. The van der Waals surface area contributed by atoms with Crippen LogP contribution in [0.25, 0.3) is 0 Å². The van der Waals surface area contributed by atoms with E-state index in [4.69, 9.17) is 0 Å². The zero-order chi connectivity index (χ0) is 10.9. The number of hydrogen-bond donors (Lipinski definition) is 1. The van der Waals surface area contributed by atoms with Gasteiger partial charge in [-0.15, -0.1) is 11.3 Å². The van der Waals surface area contributed by atoms with Gasteiger partial charge in [-0.2, -0.15) is 0 Å². The average molecular weight is 220 g/mol. The minimum Gasteiger partial charge on any atom is -0.387 e. The van der Waals surface area contributed by atoms with Crippen molar-refractivity contribution >= 4 is 11.3 Å². The number of hydrogen-bond acceptors (Lipinski definition) is 2. The molecule has 0 spiro atoms. The highest BCUT2D eigenvalue weighted by molar-refractivity contribution is 7.10. The second-order valence-electron chi connectivity index (χ2n) is 3.66. The molecule has 0 aliphatic rings. The molecule has 0 fully saturated rings. The van der Waals surface area contributed by atoms with Crippen molar-refractivity contribution in [3.63, 3.8) is 0 Å². The number of rotatable bonds is 3. The summed E-state index contributed by atoms with van der Waals surface area (Å²) in [6.07, 6.45) is -1.07. The van der Waals surface area contributed by atoms with E-state index in [-0.39, 0.29) is 0 Å². The van der Waals surface area contributed by atoms with Crippen molar-refractivity contribution in [2.75, 3.05) is 0 Å². The summed E-state index contributed by atoms with van der Waals surface area (Å²) in [7, 11) is 0. The number of aliphatic hydroxyl groups excluding tert-OH is 1. The van der Waals surface area contributed by atoms with Gasteiger partial charge in [-0.1, -0.05) is 6.92 Å². The molecule has 1 N–H and O–H groups in total. The summed E-state index contributed by atoms with van der Waals surface area (Å²) < 4.78 is 25.9. The number of aryl methyl sites for hydroxylation is 1. The van der Waals surface area contributed by atoms with Crippen molar-refractivity contribution in [2.45, 2.75) is 32.8 Å². The third-order valence-electron chi connectivity index (χ3n) is 2.44. The maximum absolute atomic E-state index is 12.9. The molecule has 0 aromatic carbocycles. The first-order valence-electron chi connectivity index (χ1n) is 4.44. The Bertz CT molecular complexity index is 303. The monoisotopic (exact) mass is 220 g/mol. The van der Waals surface area contributed by atoms with Crippen LogP contribution in [-0.4, -0.2) is 11.0 Å². The average Bonchev–Trinajstić information content (AvgIpc) is 2.47. The van der Waals surface area contributed by atoms with E-state index in [9.17, 15) is 13.9 Å². The number of thiophene rings is 1. The van der Waals surface area contributed by atoms with Crippen molar-refractivity contribution in [3.05, 3.63) is 21.9 Å². The molecule has 1 aromatic heterocycles. The first-order chi connectivity index (χ1) is 6.34. The normalized spacial score (nSPS) is 16.7. The van der Waals surface area contributed by atoms with E-state index < -0.39 is 17.9 Å². The molecular weight excluding hydrogens is 206 g/mol. The van der Waals surface area contributed by atoms with Gasteiger partial charge >= 0.3 is 0 Å². The van der Waals surface area contributed by atoms with Crippen molar-refractivity contribution in [1.29, 1.82) is 0 Å². The minimum absolute atomic E-state index is 0.638. The van der Waals surface area contributed by atoms with Gasteiger partial charge in [-0.3, -0.25) is 0 Å². The maximum atomic E-state index is 12.9. The molecule has 0 aliphatic heterocycles. The Kier molecular flexibility index (Phi) is 3.27. The summed E-state index contributed by atoms with van der Waals surface area (Å²) in [5, 5.41) is 11.5. The molecule has 1 rings (SSSR count). The molecule has 0 bridgehead atoms. The fourth-order valence-electron chi connectivity index (χ4n) is 1.19. The van der Waals surface area contributed by atoms with Crippen LogP contribution in [0.3, 0.4) is 0 Å². The lowest BCUT2D eigenvalue weighted by molar-refractivity contribution is -0.0817. The molecule has 0 saturated heterocycles. The van der Waals surface area contributed by atoms with E-state index in [1.807, 2.05) is 13.0 Å².